The van der Waals surface area contributed by atoms with Gasteiger partial charge in [-0.3, -0.25) is 0 Å². The summed E-state index contributed by atoms with van der Waals surface area (Å²) in [6.45, 7) is 3.67. The van der Waals surface area contributed by atoms with Crippen LogP contribution in [-0.4, -0.2) is 6.04 Å². The zero-order valence-electron chi connectivity index (χ0n) is 3.58. The summed E-state index contributed by atoms with van der Waals surface area (Å²) in [5.41, 5.74) is 6.58. The second-order valence-corrected chi connectivity index (χ2v) is 1.15. The Kier molecular flexibility index (Phi) is 8.59. The first kappa shape index (κ1) is 9.18. The van der Waals surface area contributed by atoms with Crippen molar-refractivity contribution in [3.8, 4) is 0 Å². The molecule has 0 radical (unpaired) electrons. The molecule has 1 N–H and O–H groups in total. The van der Waals surface area contributed by atoms with Gasteiger partial charge in [-0.15, -0.1) is 6.04 Å². The van der Waals surface area contributed by atoms with Crippen molar-refractivity contribution in [2.75, 3.05) is 0 Å². The van der Waals surface area contributed by atoms with Gasteiger partial charge in [0.1, 0.15) is 0 Å². The predicted molar refractivity (Wildman–Crippen MR) is 19.5 cm³/mol. The van der Waals surface area contributed by atoms with Gasteiger partial charge in [0.15, 0.2) is 0 Å². The maximum atomic E-state index is 6.58. The molecule has 1 nitrogen and oxygen atoms in total. The van der Waals surface area contributed by atoms with E-state index in [1.165, 1.54) is 0 Å². The molecule has 0 aromatic rings. The molecule has 0 aromatic heterocycles. The SMILES string of the molecule is CC(C)[NH-].[Ti]. The summed E-state index contributed by atoms with van der Waals surface area (Å²) < 4.78 is 0. The second-order valence-electron chi connectivity index (χ2n) is 1.15. The van der Waals surface area contributed by atoms with E-state index in [1.807, 2.05) is 13.8 Å². The van der Waals surface area contributed by atoms with E-state index in [9.17, 15) is 0 Å². The van der Waals surface area contributed by atoms with Crippen molar-refractivity contribution in [1.29, 1.82) is 0 Å². The van der Waals surface area contributed by atoms with Crippen LogP contribution in [0.2, 0.25) is 0 Å². The van der Waals surface area contributed by atoms with Crippen molar-refractivity contribution >= 4 is 0 Å². The summed E-state index contributed by atoms with van der Waals surface area (Å²) >= 11 is 0. The molecule has 0 unspecified atom stereocenters. The van der Waals surface area contributed by atoms with Crippen LogP contribution in [0.4, 0.5) is 0 Å². The molecule has 30 valence electrons. The summed E-state index contributed by atoms with van der Waals surface area (Å²) in [4.78, 5) is 0. The average molecular weight is 106 g/mol. The molecule has 0 spiro atoms. The molecule has 0 atom stereocenters. The Labute approximate surface area is 47.8 Å². The molecule has 0 aliphatic carbocycles. The third kappa shape index (κ3) is 73.5. The van der Waals surface area contributed by atoms with Crippen LogP contribution >= 0.6 is 0 Å². The maximum absolute atomic E-state index is 6.58. The molecule has 5 heavy (non-hydrogen) atoms. The van der Waals surface area contributed by atoms with Gasteiger partial charge in [0, 0.05) is 21.7 Å². The van der Waals surface area contributed by atoms with Crippen LogP contribution in [0.5, 0.6) is 0 Å². The first-order chi connectivity index (χ1) is 1.73. The molecule has 0 saturated heterocycles. The molecule has 0 aliphatic heterocycles. The zero-order chi connectivity index (χ0) is 3.58. The Morgan fingerprint density at radius 2 is 1.40 bits per heavy atom. The van der Waals surface area contributed by atoms with E-state index in [0.717, 1.165) is 0 Å². The Hall–Kier alpha value is 0.674. The van der Waals surface area contributed by atoms with E-state index >= 15 is 0 Å². The molecule has 0 fully saturated rings. The zero-order valence-corrected chi connectivity index (χ0v) is 5.14. The number of hydrogen-bond donors (Lipinski definition) is 0. The Morgan fingerprint density at radius 3 is 1.40 bits per heavy atom. The molecule has 0 rings (SSSR count). The van der Waals surface area contributed by atoms with Gasteiger partial charge in [-0.05, 0) is 0 Å². The Balaban J connectivity index is 0. The van der Waals surface area contributed by atoms with Crippen LogP contribution in [0.25, 0.3) is 5.73 Å². The van der Waals surface area contributed by atoms with E-state index in [4.69, 9.17) is 5.73 Å². The van der Waals surface area contributed by atoms with Gasteiger partial charge in [-0.25, -0.2) is 0 Å². The quantitative estimate of drug-likeness (QED) is 0.417. The topological polar surface area (TPSA) is 23.8 Å². The van der Waals surface area contributed by atoms with Gasteiger partial charge in [0.05, 0.1) is 0 Å². The Morgan fingerprint density at radius 1 is 1.40 bits per heavy atom. The van der Waals surface area contributed by atoms with E-state index < -0.39 is 0 Å². The molecular weight excluding hydrogens is 97.9 g/mol. The van der Waals surface area contributed by atoms with Gasteiger partial charge in [-0.2, -0.15) is 0 Å². The van der Waals surface area contributed by atoms with E-state index in [2.05, 4.69) is 0 Å². The van der Waals surface area contributed by atoms with Crippen LogP contribution in [0.1, 0.15) is 13.8 Å². The van der Waals surface area contributed by atoms with Gasteiger partial charge in [0.25, 0.3) is 0 Å². The van der Waals surface area contributed by atoms with E-state index in [1.54, 1.807) is 0 Å². The fourth-order valence-corrected chi connectivity index (χ4v) is 0. The number of hydrogen-bond acceptors (Lipinski definition) is 0. The summed E-state index contributed by atoms with van der Waals surface area (Å²) in [5, 5.41) is 0. The van der Waals surface area contributed by atoms with Crippen molar-refractivity contribution in [3.63, 3.8) is 0 Å². The van der Waals surface area contributed by atoms with Crippen molar-refractivity contribution < 1.29 is 21.7 Å². The first-order valence-corrected chi connectivity index (χ1v) is 1.44. The first-order valence-electron chi connectivity index (χ1n) is 1.44. The fraction of sp³-hybridized carbons (Fsp3) is 1.00. The normalized spacial score (nSPS) is 7.20. The van der Waals surface area contributed by atoms with E-state index in [-0.39, 0.29) is 27.8 Å². The molecule has 2 heteroatoms. The van der Waals surface area contributed by atoms with Crippen molar-refractivity contribution in [1.82, 2.24) is 0 Å². The minimum atomic E-state index is 0. The molecular formula is C3H8NTi-. The predicted octanol–water partition coefficient (Wildman–Crippen LogP) is 1.44. The summed E-state index contributed by atoms with van der Waals surface area (Å²) in [5.74, 6) is 0. The van der Waals surface area contributed by atoms with Gasteiger partial charge < -0.3 is 5.73 Å². The third-order valence-corrected chi connectivity index (χ3v) is 0. The van der Waals surface area contributed by atoms with Crippen LogP contribution in [-0.2, 0) is 21.7 Å². The largest absolute Gasteiger partial charge is 0.675 e. The van der Waals surface area contributed by atoms with Crippen molar-refractivity contribution in [2.45, 2.75) is 19.9 Å². The standard InChI is InChI=1S/C3H8N.Ti/c1-3(2)4;/h3-4H,1-2H3;/q-1;. The van der Waals surface area contributed by atoms with Crippen LogP contribution < -0.4 is 0 Å². The maximum Gasteiger partial charge on any atom is 0 e. The summed E-state index contributed by atoms with van der Waals surface area (Å²) in [6, 6.07) is 0.0833. The van der Waals surface area contributed by atoms with Crippen LogP contribution in [0, 0.1) is 0 Å². The van der Waals surface area contributed by atoms with Gasteiger partial charge >= 0.3 is 0 Å². The monoisotopic (exact) mass is 106 g/mol. The second kappa shape index (κ2) is 4.67. The number of nitrogens with one attached hydrogen (secondary N) is 1. The van der Waals surface area contributed by atoms with Crippen LogP contribution in [0.3, 0.4) is 0 Å². The third-order valence-electron chi connectivity index (χ3n) is 0. The number of rotatable bonds is 0. The van der Waals surface area contributed by atoms with Gasteiger partial charge in [0.2, 0.25) is 0 Å². The summed E-state index contributed by atoms with van der Waals surface area (Å²) in [7, 11) is 0. The Bertz CT molecular complexity index is 11.6. The summed E-state index contributed by atoms with van der Waals surface area (Å²) in [6.07, 6.45) is 0. The smallest absolute Gasteiger partial charge is 0 e. The minimum Gasteiger partial charge on any atom is -0.675 e. The average Bonchev–Trinajstić information content (AvgIpc) is 0.811. The molecule has 0 saturated carbocycles. The minimum absolute atomic E-state index is 0. The van der Waals surface area contributed by atoms with Gasteiger partial charge in [-0.1, -0.05) is 13.8 Å². The molecule has 0 amide bonds. The van der Waals surface area contributed by atoms with Crippen LogP contribution in [0.15, 0.2) is 0 Å². The van der Waals surface area contributed by atoms with Crippen molar-refractivity contribution in [3.05, 3.63) is 5.73 Å². The fourth-order valence-electron chi connectivity index (χ4n) is 0. The molecule has 0 aliphatic rings. The molecule has 0 aromatic carbocycles. The van der Waals surface area contributed by atoms with Crippen molar-refractivity contribution in [2.24, 2.45) is 0 Å². The molecule has 0 heterocycles. The van der Waals surface area contributed by atoms with E-state index in [0.29, 0.717) is 0 Å². The molecule has 0 bridgehead atoms.